The van der Waals surface area contributed by atoms with E-state index in [1.165, 1.54) is 17.5 Å². The Kier molecular flexibility index (Phi) is 8.67. The Labute approximate surface area is 208 Å². The normalized spacial score (nSPS) is 14.4. The van der Waals surface area contributed by atoms with Crippen molar-refractivity contribution in [1.82, 2.24) is 25.0 Å². The maximum atomic E-state index is 13.0. The number of pyridine rings is 1. The van der Waals surface area contributed by atoms with Crippen molar-refractivity contribution in [3.63, 3.8) is 0 Å². The van der Waals surface area contributed by atoms with Crippen LogP contribution in [0.4, 0.5) is 9.93 Å². The van der Waals surface area contributed by atoms with Gasteiger partial charge in [-0.3, -0.25) is 9.69 Å². The lowest BCUT2D eigenvalue weighted by molar-refractivity contribution is 0.0684. The summed E-state index contributed by atoms with van der Waals surface area (Å²) in [5, 5.41) is 6.35. The number of urea groups is 1. The molecule has 2 N–H and O–H groups in total. The second-order valence-corrected chi connectivity index (χ2v) is 9.75. The Morgan fingerprint density at radius 1 is 1.26 bits per heavy atom. The summed E-state index contributed by atoms with van der Waals surface area (Å²) in [4.78, 5) is 36.6. The molecule has 4 heterocycles. The third kappa shape index (κ3) is 7.00. The first-order chi connectivity index (χ1) is 17.0. The van der Waals surface area contributed by atoms with Gasteiger partial charge in [0.15, 0.2) is 5.13 Å². The molecule has 10 nitrogen and oxygen atoms in total. The highest BCUT2D eigenvalue weighted by molar-refractivity contribution is 7.17. The van der Waals surface area contributed by atoms with E-state index in [4.69, 9.17) is 9.47 Å². The van der Waals surface area contributed by atoms with E-state index in [1.54, 1.807) is 11.1 Å². The second-order valence-electron chi connectivity index (χ2n) is 8.74. The van der Waals surface area contributed by atoms with E-state index < -0.39 is 0 Å². The van der Waals surface area contributed by atoms with Crippen LogP contribution in [0.25, 0.3) is 5.65 Å². The molecular weight excluding hydrogens is 468 g/mol. The Morgan fingerprint density at radius 2 is 2.09 bits per heavy atom. The Morgan fingerprint density at radius 3 is 2.89 bits per heavy atom. The highest BCUT2D eigenvalue weighted by Gasteiger charge is 2.25. The van der Waals surface area contributed by atoms with Gasteiger partial charge in [0, 0.05) is 51.4 Å². The molecule has 0 spiro atoms. The predicted molar refractivity (Wildman–Crippen MR) is 134 cm³/mol. The third-order valence-corrected chi connectivity index (χ3v) is 6.73. The van der Waals surface area contributed by atoms with Crippen molar-refractivity contribution in [3.8, 4) is 0 Å². The first kappa shape index (κ1) is 25.1. The van der Waals surface area contributed by atoms with E-state index >= 15 is 0 Å². The van der Waals surface area contributed by atoms with Crippen LogP contribution in [-0.2, 0) is 16.0 Å². The van der Waals surface area contributed by atoms with Gasteiger partial charge in [0.05, 0.1) is 18.9 Å². The first-order valence-electron chi connectivity index (χ1n) is 11.9. The summed E-state index contributed by atoms with van der Waals surface area (Å²) in [6.07, 6.45) is 8.94. The van der Waals surface area contributed by atoms with E-state index in [1.807, 2.05) is 42.8 Å². The van der Waals surface area contributed by atoms with Crippen LogP contribution in [0, 0.1) is 5.92 Å². The lowest BCUT2D eigenvalue weighted by Crippen LogP contribution is -2.44. The average molecular weight is 501 g/mol. The van der Waals surface area contributed by atoms with Gasteiger partial charge in [-0.05, 0) is 44.2 Å². The summed E-state index contributed by atoms with van der Waals surface area (Å²) in [6, 6.07) is 3.60. The molecule has 0 aromatic carbocycles. The number of fused-ring (bicyclic) bond motifs is 1. The third-order valence-electron chi connectivity index (χ3n) is 5.71. The maximum absolute atomic E-state index is 13.0. The summed E-state index contributed by atoms with van der Waals surface area (Å²) >= 11 is 1.21. The van der Waals surface area contributed by atoms with Gasteiger partial charge in [-0.2, -0.15) is 0 Å². The van der Waals surface area contributed by atoms with Crippen molar-refractivity contribution in [2.24, 2.45) is 5.92 Å². The highest BCUT2D eigenvalue weighted by atomic mass is 32.1. The SMILES string of the molecule is CC(C)OCCNC(=O)N(CC1CCOCC1)c1ncc(C(=O)NCc2ccc3nccn3c2)s1. The largest absolute Gasteiger partial charge is 0.381 e. The lowest BCUT2D eigenvalue weighted by atomic mass is 10.00. The van der Waals surface area contributed by atoms with Crippen molar-refractivity contribution in [1.29, 1.82) is 0 Å². The van der Waals surface area contributed by atoms with Crippen LogP contribution in [0.1, 0.15) is 41.9 Å². The van der Waals surface area contributed by atoms with E-state index in [0.29, 0.717) is 55.4 Å². The van der Waals surface area contributed by atoms with Crippen molar-refractivity contribution in [2.75, 3.05) is 37.8 Å². The number of carbonyl (C=O) groups excluding carboxylic acids is 2. The van der Waals surface area contributed by atoms with Crippen LogP contribution in [0.15, 0.2) is 36.9 Å². The summed E-state index contributed by atoms with van der Waals surface area (Å²) in [5.41, 5.74) is 1.81. The van der Waals surface area contributed by atoms with Crippen molar-refractivity contribution >= 4 is 34.1 Å². The summed E-state index contributed by atoms with van der Waals surface area (Å²) < 4.78 is 12.9. The summed E-state index contributed by atoms with van der Waals surface area (Å²) in [7, 11) is 0. The first-order valence-corrected chi connectivity index (χ1v) is 12.7. The van der Waals surface area contributed by atoms with Gasteiger partial charge in [0.2, 0.25) is 0 Å². The van der Waals surface area contributed by atoms with Crippen molar-refractivity contribution in [3.05, 3.63) is 47.4 Å². The molecule has 0 radical (unpaired) electrons. The standard InChI is InChI=1S/C24H32N6O4S/c1-17(2)34-12-8-26-23(32)30(16-18-5-10-33-11-6-18)24-28-14-20(35-24)22(31)27-13-19-3-4-21-25-7-9-29(21)15-19/h3-4,7,9,14-15,17-18H,5-6,8,10-13,16H2,1-2H3,(H,26,32)(H,27,31). The van der Waals surface area contributed by atoms with Gasteiger partial charge in [-0.1, -0.05) is 17.4 Å². The Bertz CT molecular complexity index is 1120. The fourth-order valence-corrected chi connectivity index (χ4v) is 4.66. The number of rotatable bonds is 10. The second kappa shape index (κ2) is 12.1. The molecule has 3 amide bonds. The quantitative estimate of drug-likeness (QED) is 0.414. The van der Waals surface area contributed by atoms with E-state index in [-0.39, 0.29) is 18.0 Å². The number of nitrogens with one attached hydrogen (secondary N) is 2. The number of hydrogen-bond acceptors (Lipinski definition) is 7. The number of ether oxygens (including phenoxy) is 2. The molecule has 3 aromatic rings. The lowest BCUT2D eigenvalue weighted by Gasteiger charge is -2.28. The van der Waals surface area contributed by atoms with E-state index in [2.05, 4.69) is 20.6 Å². The molecule has 188 valence electrons. The molecule has 1 fully saturated rings. The highest BCUT2D eigenvalue weighted by Crippen LogP contribution is 2.26. The molecule has 0 atom stereocenters. The minimum Gasteiger partial charge on any atom is -0.381 e. The molecule has 4 rings (SSSR count). The molecule has 0 unspecified atom stereocenters. The predicted octanol–water partition coefficient (Wildman–Crippen LogP) is 3.09. The number of hydrogen-bond donors (Lipinski definition) is 2. The van der Waals surface area contributed by atoms with Gasteiger partial charge in [-0.15, -0.1) is 0 Å². The van der Waals surface area contributed by atoms with Gasteiger partial charge in [0.25, 0.3) is 5.91 Å². The number of anilines is 1. The van der Waals surface area contributed by atoms with Crippen LogP contribution < -0.4 is 15.5 Å². The Hall–Kier alpha value is -3.02. The Balaban J connectivity index is 1.39. The summed E-state index contributed by atoms with van der Waals surface area (Å²) in [5.74, 6) is 0.0944. The monoisotopic (exact) mass is 500 g/mol. The summed E-state index contributed by atoms with van der Waals surface area (Å²) in [6.45, 7) is 7.04. The average Bonchev–Trinajstić information content (AvgIpc) is 3.53. The van der Waals surface area contributed by atoms with Crippen LogP contribution in [-0.4, -0.2) is 65.3 Å². The van der Waals surface area contributed by atoms with Crippen LogP contribution in [0.5, 0.6) is 0 Å². The number of nitrogens with zero attached hydrogens (tertiary/aromatic N) is 4. The topological polar surface area (TPSA) is 110 Å². The van der Waals surface area contributed by atoms with E-state index in [9.17, 15) is 9.59 Å². The smallest absolute Gasteiger partial charge is 0.323 e. The minimum absolute atomic E-state index is 0.104. The van der Waals surface area contributed by atoms with Gasteiger partial charge in [-0.25, -0.2) is 14.8 Å². The van der Waals surface area contributed by atoms with Crippen LogP contribution >= 0.6 is 11.3 Å². The molecule has 35 heavy (non-hydrogen) atoms. The molecule has 3 aromatic heterocycles. The molecular formula is C24H32N6O4S. The number of imidazole rings is 1. The molecule has 0 saturated carbocycles. The van der Waals surface area contributed by atoms with Crippen molar-refractivity contribution in [2.45, 2.75) is 39.3 Å². The maximum Gasteiger partial charge on any atom is 0.323 e. The van der Waals surface area contributed by atoms with Gasteiger partial charge < -0.3 is 24.5 Å². The van der Waals surface area contributed by atoms with Crippen LogP contribution in [0.3, 0.4) is 0 Å². The fraction of sp³-hybridized carbons (Fsp3) is 0.500. The zero-order valence-corrected chi connectivity index (χ0v) is 20.9. The van der Waals surface area contributed by atoms with Gasteiger partial charge in [0.1, 0.15) is 10.5 Å². The zero-order valence-electron chi connectivity index (χ0n) is 20.1. The van der Waals surface area contributed by atoms with E-state index in [0.717, 1.165) is 24.1 Å². The number of amides is 3. The molecule has 1 aliphatic rings. The minimum atomic E-state index is -0.237. The molecule has 1 aliphatic heterocycles. The number of carbonyl (C=O) groups is 2. The van der Waals surface area contributed by atoms with Crippen LogP contribution in [0.2, 0.25) is 0 Å². The number of aromatic nitrogens is 3. The molecule has 1 saturated heterocycles. The molecule has 11 heteroatoms. The fourth-order valence-electron chi connectivity index (χ4n) is 3.82. The zero-order chi connectivity index (χ0) is 24.6. The van der Waals surface area contributed by atoms with Gasteiger partial charge >= 0.3 is 6.03 Å². The molecule has 0 aliphatic carbocycles. The van der Waals surface area contributed by atoms with Crippen molar-refractivity contribution < 1.29 is 19.1 Å². The molecule has 0 bridgehead atoms. The number of thiazole rings is 1.